The average molecular weight is 362 g/mol. The van der Waals surface area contributed by atoms with Gasteiger partial charge in [-0.25, -0.2) is 4.79 Å². The summed E-state index contributed by atoms with van der Waals surface area (Å²) in [5, 5.41) is 13.9. The van der Waals surface area contributed by atoms with Gasteiger partial charge in [0.05, 0.1) is 21.2 Å². The number of aryl methyl sites for hydroxylation is 1. The molecular formula is C16H12ClN3O5. The van der Waals surface area contributed by atoms with E-state index in [9.17, 15) is 19.7 Å². The molecule has 9 heteroatoms. The number of anilines is 1. The molecule has 0 saturated heterocycles. The summed E-state index contributed by atoms with van der Waals surface area (Å²) >= 11 is 6.06. The van der Waals surface area contributed by atoms with Gasteiger partial charge in [0.15, 0.2) is 5.58 Å². The van der Waals surface area contributed by atoms with Crippen molar-refractivity contribution in [1.82, 2.24) is 4.57 Å². The molecule has 1 N–H and O–H groups in total. The lowest BCUT2D eigenvalue weighted by Gasteiger charge is -2.08. The number of halogens is 1. The molecule has 0 aliphatic carbocycles. The lowest BCUT2D eigenvalue weighted by molar-refractivity contribution is -0.384. The second kappa shape index (κ2) is 6.40. The number of aromatic nitrogens is 1. The Bertz CT molecular complexity index is 1050. The number of nitrogens with one attached hydrogen (secondary N) is 1. The molecule has 0 atom stereocenters. The Morgan fingerprint density at radius 3 is 2.76 bits per heavy atom. The zero-order chi connectivity index (χ0) is 18.1. The molecule has 1 aromatic heterocycles. The molecule has 0 unspecified atom stereocenters. The SMILES string of the molecule is Cc1ccc(NC(=O)Cn2c(=O)oc3ccc([N+](=O)[O-])cc32)c(Cl)c1. The van der Waals surface area contributed by atoms with E-state index in [1.165, 1.54) is 18.2 Å². The summed E-state index contributed by atoms with van der Waals surface area (Å²) in [7, 11) is 0. The van der Waals surface area contributed by atoms with Gasteiger partial charge in [0.25, 0.3) is 5.69 Å². The summed E-state index contributed by atoms with van der Waals surface area (Å²) in [5.41, 5.74) is 1.47. The minimum Gasteiger partial charge on any atom is -0.408 e. The van der Waals surface area contributed by atoms with Crippen LogP contribution in [-0.2, 0) is 11.3 Å². The molecule has 0 radical (unpaired) electrons. The van der Waals surface area contributed by atoms with E-state index in [1.54, 1.807) is 18.2 Å². The summed E-state index contributed by atoms with van der Waals surface area (Å²) in [6, 6.07) is 8.86. The lowest BCUT2D eigenvalue weighted by Crippen LogP contribution is -2.24. The smallest absolute Gasteiger partial charge is 0.408 e. The zero-order valence-corrected chi connectivity index (χ0v) is 13.7. The fourth-order valence-electron chi connectivity index (χ4n) is 2.37. The van der Waals surface area contributed by atoms with E-state index < -0.39 is 16.6 Å². The molecule has 8 nitrogen and oxygen atoms in total. The van der Waals surface area contributed by atoms with Gasteiger partial charge in [0.1, 0.15) is 6.54 Å². The quantitative estimate of drug-likeness (QED) is 0.567. The molecule has 1 amide bonds. The third-order valence-electron chi connectivity index (χ3n) is 3.56. The number of carbonyl (C=O) groups is 1. The Morgan fingerprint density at radius 1 is 1.32 bits per heavy atom. The summed E-state index contributed by atoms with van der Waals surface area (Å²) in [6.07, 6.45) is 0. The van der Waals surface area contributed by atoms with E-state index in [0.717, 1.165) is 10.1 Å². The maximum absolute atomic E-state index is 12.2. The second-order valence-corrected chi connectivity index (χ2v) is 5.80. The summed E-state index contributed by atoms with van der Waals surface area (Å²) in [5.74, 6) is -1.29. The minimum absolute atomic E-state index is 0.164. The van der Waals surface area contributed by atoms with Crippen LogP contribution in [0.5, 0.6) is 0 Å². The van der Waals surface area contributed by atoms with E-state index >= 15 is 0 Å². The Kier molecular flexibility index (Phi) is 4.28. The molecule has 3 rings (SSSR count). The van der Waals surface area contributed by atoms with Crippen molar-refractivity contribution in [3.8, 4) is 0 Å². The van der Waals surface area contributed by atoms with Crippen LogP contribution in [0.15, 0.2) is 45.6 Å². The monoisotopic (exact) mass is 361 g/mol. The van der Waals surface area contributed by atoms with E-state index in [4.69, 9.17) is 16.0 Å². The first-order valence-corrected chi connectivity index (χ1v) is 7.57. The highest BCUT2D eigenvalue weighted by atomic mass is 35.5. The number of carbonyl (C=O) groups excluding carboxylic acids is 1. The van der Waals surface area contributed by atoms with Crippen LogP contribution in [0.4, 0.5) is 11.4 Å². The standard InChI is InChI=1S/C16H12ClN3O5/c1-9-2-4-12(11(17)6-9)18-15(21)8-19-13-7-10(20(23)24)3-5-14(13)25-16(19)22/h2-7H,8H2,1H3,(H,18,21). The third kappa shape index (κ3) is 3.38. The highest BCUT2D eigenvalue weighted by Crippen LogP contribution is 2.23. The van der Waals surface area contributed by atoms with Gasteiger partial charge in [-0.05, 0) is 30.7 Å². The molecule has 25 heavy (non-hydrogen) atoms. The first-order chi connectivity index (χ1) is 11.8. The van der Waals surface area contributed by atoms with Gasteiger partial charge in [0.2, 0.25) is 5.91 Å². The molecule has 3 aromatic rings. The molecular weight excluding hydrogens is 350 g/mol. The van der Waals surface area contributed by atoms with Crippen molar-refractivity contribution in [3.63, 3.8) is 0 Å². The summed E-state index contributed by atoms with van der Waals surface area (Å²) < 4.78 is 6.03. The molecule has 0 saturated carbocycles. The highest BCUT2D eigenvalue weighted by Gasteiger charge is 2.17. The number of fused-ring (bicyclic) bond motifs is 1. The van der Waals surface area contributed by atoms with Gasteiger partial charge in [-0.15, -0.1) is 0 Å². The van der Waals surface area contributed by atoms with Crippen molar-refractivity contribution in [2.24, 2.45) is 0 Å². The van der Waals surface area contributed by atoms with Crippen LogP contribution in [0.2, 0.25) is 5.02 Å². The van der Waals surface area contributed by atoms with Crippen molar-refractivity contribution in [1.29, 1.82) is 0 Å². The molecule has 1 heterocycles. The first-order valence-electron chi connectivity index (χ1n) is 7.19. The number of oxazole rings is 1. The summed E-state index contributed by atoms with van der Waals surface area (Å²) in [6.45, 7) is 1.50. The van der Waals surface area contributed by atoms with E-state index in [0.29, 0.717) is 10.7 Å². The van der Waals surface area contributed by atoms with Gasteiger partial charge in [-0.1, -0.05) is 17.7 Å². The van der Waals surface area contributed by atoms with Crippen molar-refractivity contribution in [2.45, 2.75) is 13.5 Å². The van der Waals surface area contributed by atoms with Gasteiger partial charge in [0, 0.05) is 12.1 Å². The molecule has 0 aliphatic rings. The molecule has 2 aromatic carbocycles. The Balaban J connectivity index is 1.90. The van der Waals surface area contributed by atoms with Gasteiger partial charge in [-0.3, -0.25) is 19.5 Å². The fraction of sp³-hybridized carbons (Fsp3) is 0.125. The largest absolute Gasteiger partial charge is 0.420 e. The second-order valence-electron chi connectivity index (χ2n) is 5.39. The van der Waals surface area contributed by atoms with Crippen LogP contribution in [0.25, 0.3) is 11.1 Å². The number of non-ortho nitro benzene ring substituents is 1. The van der Waals surface area contributed by atoms with Crippen molar-refractivity contribution >= 4 is 40.0 Å². The van der Waals surface area contributed by atoms with Crippen LogP contribution in [-0.4, -0.2) is 15.4 Å². The fourth-order valence-corrected chi connectivity index (χ4v) is 2.65. The van der Waals surface area contributed by atoms with E-state index in [-0.39, 0.29) is 23.3 Å². The highest BCUT2D eigenvalue weighted by molar-refractivity contribution is 6.33. The summed E-state index contributed by atoms with van der Waals surface area (Å²) in [4.78, 5) is 34.5. The number of nitro benzene ring substituents is 1. The number of amides is 1. The predicted molar refractivity (Wildman–Crippen MR) is 91.9 cm³/mol. The average Bonchev–Trinajstić information content (AvgIpc) is 2.85. The third-order valence-corrected chi connectivity index (χ3v) is 3.87. The number of rotatable bonds is 4. The van der Waals surface area contributed by atoms with Gasteiger partial charge < -0.3 is 9.73 Å². The Morgan fingerprint density at radius 2 is 2.08 bits per heavy atom. The van der Waals surface area contributed by atoms with E-state index in [1.807, 2.05) is 6.92 Å². The number of benzene rings is 2. The van der Waals surface area contributed by atoms with Gasteiger partial charge >= 0.3 is 5.76 Å². The predicted octanol–water partition coefficient (Wildman–Crippen LogP) is 3.10. The van der Waals surface area contributed by atoms with Crippen LogP contribution < -0.4 is 11.1 Å². The van der Waals surface area contributed by atoms with Crippen LogP contribution in [0, 0.1) is 17.0 Å². The molecule has 0 spiro atoms. The van der Waals surface area contributed by atoms with Crippen LogP contribution in [0.3, 0.4) is 0 Å². The normalized spacial score (nSPS) is 10.8. The topological polar surface area (TPSA) is 107 Å². The van der Waals surface area contributed by atoms with Crippen LogP contribution >= 0.6 is 11.6 Å². The zero-order valence-electron chi connectivity index (χ0n) is 13.0. The van der Waals surface area contributed by atoms with Crippen molar-refractivity contribution < 1.29 is 14.1 Å². The minimum atomic E-state index is -0.777. The molecule has 128 valence electrons. The Labute approximate surface area is 145 Å². The number of nitro groups is 1. The number of nitrogens with zero attached hydrogens (tertiary/aromatic N) is 2. The lowest BCUT2D eigenvalue weighted by atomic mass is 10.2. The van der Waals surface area contributed by atoms with Crippen molar-refractivity contribution in [2.75, 3.05) is 5.32 Å². The van der Waals surface area contributed by atoms with Crippen LogP contribution in [0.1, 0.15) is 5.56 Å². The molecule has 0 bridgehead atoms. The molecule has 0 aliphatic heterocycles. The molecule has 0 fully saturated rings. The van der Waals surface area contributed by atoms with Crippen molar-refractivity contribution in [3.05, 3.63) is 67.6 Å². The van der Waals surface area contributed by atoms with Gasteiger partial charge in [-0.2, -0.15) is 0 Å². The maximum atomic E-state index is 12.2. The number of hydrogen-bond acceptors (Lipinski definition) is 5. The first kappa shape index (κ1) is 16.7. The number of hydrogen-bond donors (Lipinski definition) is 1. The Hall–Kier alpha value is -3.13. The van der Waals surface area contributed by atoms with E-state index in [2.05, 4.69) is 5.32 Å². The maximum Gasteiger partial charge on any atom is 0.420 e.